The van der Waals surface area contributed by atoms with Crippen LogP contribution in [0.15, 0.2) is 91.1 Å². The second-order valence-corrected chi connectivity index (χ2v) is 21.1. The van der Waals surface area contributed by atoms with Gasteiger partial charge in [-0.15, -0.1) is 0 Å². The number of rotatable bonds is 0. The molecule has 0 atom stereocenters. The fourth-order valence-corrected chi connectivity index (χ4v) is 15.7. The van der Waals surface area contributed by atoms with Crippen molar-refractivity contribution >= 4 is 185 Å². The van der Waals surface area contributed by atoms with Gasteiger partial charge in [-0.2, -0.15) is 0 Å². The Kier molecular flexibility index (Phi) is 6.07. The number of hydrogen-bond donors (Lipinski definition) is 0. The Hall–Kier alpha value is -1.28. The average Bonchev–Trinajstić information content (AvgIpc) is 3.76. The average molecular weight is 844 g/mol. The Morgan fingerprint density at radius 2 is 0.800 bits per heavy atom. The van der Waals surface area contributed by atoms with Crippen LogP contribution in [-0.2, 0) is 0 Å². The quantitative estimate of drug-likeness (QED) is 0.133. The predicted molar refractivity (Wildman–Crippen MR) is 194 cm³/mol. The SMILES string of the molecule is Brc1cc2cc3c(cc2s1)[se]c1cc2sc(Br)cc2cc13.c1cc2cc3c(cc2s1)[se]c1cc2sccc2cc13. The van der Waals surface area contributed by atoms with Crippen LogP contribution in [0, 0.1) is 0 Å². The molecule has 8 heteroatoms. The molecular formula is C32H14Br2S4Se2. The third-order valence-electron chi connectivity index (χ3n) is 7.31. The number of benzene rings is 4. The van der Waals surface area contributed by atoms with Gasteiger partial charge in [0, 0.05) is 0 Å². The van der Waals surface area contributed by atoms with Gasteiger partial charge in [0.25, 0.3) is 0 Å². The first-order chi connectivity index (χ1) is 19.6. The molecule has 0 aliphatic carbocycles. The van der Waals surface area contributed by atoms with Gasteiger partial charge in [0.05, 0.1) is 0 Å². The molecule has 10 aromatic rings. The molecule has 0 bridgehead atoms. The minimum atomic E-state index is 0.431. The van der Waals surface area contributed by atoms with Crippen LogP contribution < -0.4 is 0 Å². The van der Waals surface area contributed by atoms with Crippen LogP contribution in [0.25, 0.3) is 78.9 Å². The maximum absolute atomic E-state index is 3.60. The van der Waals surface area contributed by atoms with Gasteiger partial charge in [-0.1, -0.05) is 0 Å². The summed E-state index contributed by atoms with van der Waals surface area (Å²) in [6.45, 7) is 0. The summed E-state index contributed by atoms with van der Waals surface area (Å²) in [5, 5.41) is 15.7. The van der Waals surface area contributed by atoms with Gasteiger partial charge in [0.2, 0.25) is 0 Å². The second kappa shape index (κ2) is 9.62. The zero-order valence-electron chi connectivity index (χ0n) is 20.3. The van der Waals surface area contributed by atoms with Gasteiger partial charge in [-0.3, -0.25) is 0 Å². The van der Waals surface area contributed by atoms with Crippen LogP contribution in [0.4, 0.5) is 0 Å². The van der Waals surface area contributed by atoms with E-state index in [1.165, 1.54) is 78.0 Å². The number of fused-ring (bicyclic) bond motifs is 10. The van der Waals surface area contributed by atoms with Crippen molar-refractivity contribution in [3.8, 4) is 0 Å². The van der Waals surface area contributed by atoms with Crippen LogP contribution in [-0.4, -0.2) is 29.0 Å². The van der Waals surface area contributed by atoms with E-state index in [1.807, 2.05) is 45.3 Å². The first kappa shape index (κ1) is 25.2. The zero-order valence-corrected chi connectivity index (χ0v) is 30.2. The summed E-state index contributed by atoms with van der Waals surface area (Å²) < 4.78 is 14.2. The molecule has 0 radical (unpaired) electrons. The maximum atomic E-state index is 3.60. The summed E-state index contributed by atoms with van der Waals surface area (Å²) in [4.78, 5) is 0. The van der Waals surface area contributed by atoms with E-state index in [0.29, 0.717) is 29.0 Å². The molecule has 192 valence electrons. The summed E-state index contributed by atoms with van der Waals surface area (Å²) in [5.74, 6) is 0. The van der Waals surface area contributed by atoms with Crippen molar-refractivity contribution in [1.82, 2.24) is 0 Å². The van der Waals surface area contributed by atoms with Crippen molar-refractivity contribution in [2.45, 2.75) is 0 Å². The van der Waals surface area contributed by atoms with E-state index in [0.717, 1.165) is 0 Å². The molecule has 0 aliphatic rings. The number of hydrogen-bond acceptors (Lipinski definition) is 4. The third kappa shape index (κ3) is 4.11. The molecule has 0 spiro atoms. The van der Waals surface area contributed by atoms with E-state index in [-0.39, 0.29) is 0 Å². The fraction of sp³-hybridized carbons (Fsp3) is 0. The summed E-state index contributed by atoms with van der Waals surface area (Å²) in [6.07, 6.45) is 0. The van der Waals surface area contributed by atoms with Crippen LogP contribution in [0.2, 0.25) is 0 Å². The van der Waals surface area contributed by atoms with Gasteiger partial charge in [0.1, 0.15) is 0 Å². The van der Waals surface area contributed by atoms with E-state index in [1.54, 1.807) is 8.52 Å². The molecule has 0 nitrogen and oxygen atoms in total. The van der Waals surface area contributed by atoms with E-state index in [2.05, 4.69) is 115 Å². The summed E-state index contributed by atoms with van der Waals surface area (Å²) >= 11 is 15.5. The molecule has 6 aromatic heterocycles. The molecule has 0 amide bonds. The standard InChI is InChI=1S/C16H6Br2S2Se.C16H8S2Se/c17-15-3-7-1-9-10-2-8-4-16(18)20-12(8)6-14(10)21-13(9)5-11(7)19-15;1-3-17-13-7-15-11(5-9(1)13)12-6-10-2-4-18-14(10)8-16(12)19-15/h1-6H;1-8H. The summed E-state index contributed by atoms with van der Waals surface area (Å²) in [5.41, 5.74) is 0. The topological polar surface area (TPSA) is 0 Å². The molecule has 40 heavy (non-hydrogen) atoms. The fourth-order valence-electron chi connectivity index (χ4n) is 5.47. The monoisotopic (exact) mass is 844 g/mol. The van der Waals surface area contributed by atoms with Gasteiger partial charge >= 0.3 is 276 Å². The van der Waals surface area contributed by atoms with Crippen LogP contribution >= 0.6 is 77.2 Å². The van der Waals surface area contributed by atoms with Crippen LogP contribution in [0.5, 0.6) is 0 Å². The Morgan fingerprint density at radius 1 is 0.425 bits per heavy atom. The molecular weight excluding hydrogens is 830 g/mol. The molecule has 0 aliphatic heterocycles. The third-order valence-corrected chi connectivity index (χ3v) is 16.9. The van der Waals surface area contributed by atoms with Crippen molar-refractivity contribution in [3.63, 3.8) is 0 Å². The molecule has 0 saturated heterocycles. The Bertz CT molecular complexity index is 2410. The van der Waals surface area contributed by atoms with Crippen LogP contribution in [0.1, 0.15) is 0 Å². The van der Waals surface area contributed by atoms with E-state index < -0.39 is 0 Å². The second-order valence-electron chi connectivity index (χ2n) is 9.69. The van der Waals surface area contributed by atoms with Crippen molar-refractivity contribution < 1.29 is 0 Å². The Balaban J connectivity index is 0.000000116. The van der Waals surface area contributed by atoms with E-state index >= 15 is 0 Å². The van der Waals surface area contributed by atoms with Crippen molar-refractivity contribution in [2.75, 3.05) is 0 Å². The van der Waals surface area contributed by atoms with E-state index in [4.69, 9.17) is 0 Å². The Labute approximate surface area is 273 Å². The predicted octanol–water partition coefficient (Wildman–Crippen LogP) is 12.5. The first-order valence-corrected chi connectivity index (χ1v) is 20.8. The molecule has 4 aromatic carbocycles. The first-order valence-electron chi connectivity index (χ1n) is 12.4. The summed E-state index contributed by atoms with van der Waals surface area (Å²) in [6, 6.07) is 28.0. The van der Waals surface area contributed by atoms with Crippen molar-refractivity contribution in [2.24, 2.45) is 0 Å². The van der Waals surface area contributed by atoms with Gasteiger partial charge < -0.3 is 0 Å². The summed E-state index contributed by atoms with van der Waals surface area (Å²) in [7, 11) is 0. The molecule has 0 saturated carbocycles. The van der Waals surface area contributed by atoms with Gasteiger partial charge in [0.15, 0.2) is 0 Å². The zero-order chi connectivity index (χ0) is 26.5. The molecule has 0 N–H and O–H groups in total. The van der Waals surface area contributed by atoms with E-state index in [9.17, 15) is 0 Å². The van der Waals surface area contributed by atoms with Crippen LogP contribution in [0.3, 0.4) is 0 Å². The number of thiophene rings is 4. The van der Waals surface area contributed by atoms with Gasteiger partial charge in [-0.25, -0.2) is 0 Å². The molecule has 0 fully saturated rings. The molecule has 10 rings (SSSR count). The molecule has 6 heterocycles. The minimum absolute atomic E-state index is 0.431. The Morgan fingerprint density at radius 3 is 1.23 bits per heavy atom. The number of halogens is 2. The molecule has 0 unspecified atom stereocenters. The van der Waals surface area contributed by atoms with Gasteiger partial charge in [-0.05, 0) is 0 Å². The normalized spacial score (nSPS) is 12.2. The van der Waals surface area contributed by atoms with Crippen molar-refractivity contribution in [1.29, 1.82) is 0 Å². The van der Waals surface area contributed by atoms with Crippen molar-refractivity contribution in [3.05, 3.63) is 91.1 Å².